The fourth-order valence-corrected chi connectivity index (χ4v) is 4.79. The Morgan fingerprint density at radius 2 is 1.86 bits per heavy atom. The Morgan fingerprint density at radius 1 is 1.17 bits per heavy atom. The Kier molecular flexibility index (Phi) is 7.32. The molecule has 1 atom stereocenters. The number of urea groups is 1. The summed E-state index contributed by atoms with van der Waals surface area (Å²) in [6.07, 6.45) is -3.15. The summed E-state index contributed by atoms with van der Waals surface area (Å²) < 4.78 is 38.3. The first-order chi connectivity index (χ1) is 16.6. The van der Waals surface area contributed by atoms with E-state index in [9.17, 15) is 22.8 Å². The predicted molar refractivity (Wildman–Crippen MR) is 129 cm³/mol. The van der Waals surface area contributed by atoms with Crippen molar-refractivity contribution in [3.8, 4) is 10.6 Å². The van der Waals surface area contributed by atoms with Gasteiger partial charge >= 0.3 is 12.2 Å². The van der Waals surface area contributed by atoms with E-state index < -0.39 is 23.8 Å². The van der Waals surface area contributed by atoms with Crippen LogP contribution < -0.4 is 5.32 Å². The maximum atomic E-state index is 13.1. The molecule has 0 saturated carbocycles. The molecule has 1 aliphatic heterocycles. The molecule has 4 rings (SSSR count). The molecule has 1 fully saturated rings. The number of hydrogen-bond acceptors (Lipinski definition) is 4. The minimum absolute atomic E-state index is 0.156. The van der Waals surface area contributed by atoms with Crippen LogP contribution in [0.5, 0.6) is 0 Å². The number of thiazole rings is 1. The van der Waals surface area contributed by atoms with Gasteiger partial charge in [-0.3, -0.25) is 10.1 Å². The quantitative estimate of drug-likeness (QED) is 0.438. The van der Waals surface area contributed by atoms with E-state index in [1.807, 2.05) is 12.1 Å². The van der Waals surface area contributed by atoms with Crippen LogP contribution in [0.1, 0.15) is 24.0 Å². The summed E-state index contributed by atoms with van der Waals surface area (Å²) in [5, 5.41) is 5.42. The molecule has 184 valence electrons. The summed E-state index contributed by atoms with van der Waals surface area (Å²) >= 11 is 7.12. The lowest BCUT2D eigenvalue weighted by Crippen LogP contribution is -2.47. The first-order valence-corrected chi connectivity index (χ1v) is 12.1. The van der Waals surface area contributed by atoms with Crippen molar-refractivity contribution < 1.29 is 22.8 Å². The van der Waals surface area contributed by atoms with Crippen LogP contribution in [0.4, 0.5) is 23.8 Å². The maximum Gasteiger partial charge on any atom is 0.416 e. The minimum Gasteiger partial charge on any atom is -0.340 e. The Bertz CT molecular complexity index is 1200. The number of carbonyl (C=O) groups is 2. The number of nitrogens with zero attached hydrogens (tertiary/aromatic N) is 3. The van der Waals surface area contributed by atoms with E-state index in [0.717, 1.165) is 17.7 Å². The van der Waals surface area contributed by atoms with Crippen molar-refractivity contribution in [3.05, 3.63) is 70.1 Å². The van der Waals surface area contributed by atoms with Crippen molar-refractivity contribution >= 4 is 40.7 Å². The number of likely N-dealkylation sites (N-methyl/N-ethyl adjacent to an activating group) is 1. The highest BCUT2D eigenvalue weighted by molar-refractivity contribution is 7.13. The molecule has 1 N–H and O–H groups in total. The van der Waals surface area contributed by atoms with E-state index in [1.54, 1.807) is 29.5 Å². The molecule has 0 aliphatic carbocycles. The molecule has 0 spiro atoms. The van der Waals surface area contributed by atoms with Gasteiger partial charge < -0.3 is 9.80 Å². The summed E-state index contributed by atoms with van der Waals surface area (Å²) in [7, 11) is 1.70. The standard InChI is InChI=1S/C24H22ClF3N4O2S/c1-31(13-15-4-10-18(25)11-5-15)22(33)19-3-2-12-32(19)23(34)30-20-14-35-21(29-20)16-6-8-17(9-7-16)24(26,27)28/h4-11,14,19H,2-3,12-13H2,1H3,(H,30,34)/t19-/m1/s1. The average Bonchev–Trinajstić information content (AvgIpc) is 3.49. The van der Waals surface area contributed by atoms with Gasteiger partial charge in [0, 0.05) is 36.1 Å². The maximum absolute atomic E-state index is 13.1. The Labute approximate surface area is 209 Å². The summed E-state index contributed by atoms with van der Waals surface area (Å²) in [6, 6.07) is 10.9. The van der Waals surface area contributed by atoms with E-state index in [2.05, 4.69) is 10.3 Å². The zero-order valence-corrected chi connectivity index (χ0v) is 20.3. The van der Waals surface area contributed by atoms with Gasteiger partial charge in [-0.15, -0.1) is 11.3 Å². The summed E-state index contributed by atoms with van der Waals surface area (Å²) in [5.41, 5.74) is 0.705. The third-order valence-corrected chi connectivity index (χ3v) is 6.85. The zero-order chi connectivity index (χ0) is 25.2. The summed E-state index contributed by atoms with van der Waals surface area (Å²) in [6.45, 7) is 0.831. The second-order valence-electron chi connectivity index (χ2n) is 8.22. The Morgan fingerprint density at radius 3 is 2.51 bits per heavy atom. The van der Waals surface area contributed by atoms with Gasteiger partial charge in [-0.2, -0.15) is 13.2 Å². The smallest absolute Gasteiger partial charge is 0.340 e. The number of anilines is 1. The van der Waals surface area contributed by atoms with Gasteiger partial charge in [0.05, 0.1) is 5.56 Å². The predicted octanol–water partition coefficient (Wildman–Crippen LogP) is 6.14. The topological polar surface area (TPSA) is 65.5 Å². The molecule has 0 radical (unpaired) electrons. The SMILES string of the molecule is CN(Cc1ccc(Cl)cc1)C(=O)[C@H]1CCCN1C(=O)Nc1csc(-c2ccc(C(F)(F)F)cc2)n1. The number of rotatable bonds is 5. The number of aromatic nitrogens is 1. The number of likely N-dealkylation sites (tertiary alicyclic amines) is 1. The van der Waals surface area contributed by atoms with Crippen LogP contribution in [0.3, 0.4) is 0 Å². The zero-order valence-electron chi connectivity index (χ0n) is 18.7. The number of hydrogen-bond donors (Lipinski definition) is 1. The highest BCUT2D eigenvalue weighted by Gasteiger charge is 2.36. The van der Waals surface area contributed by atoms with Crippen molar-refractivity contribution in [2.75, 3.05) is 18.9 Å². The molecule has 6 nitrogen and oxygen atoms in total. The highest BCUT2D eigenvalue weighted by atomic mass is 35.5. The largest absolute Gasteiger partial charge is 0.416 e. The lowest BCUT2D eigenvalue weighted by molar-refractivity contribution is -0.137. The van der Waals surface area contributed by atoms with Crippen LogP contribution in [0.25, 0.3) is 10.6 Å². The fraction of sp³-hybridized carbons (Fsp3) is 0.292. The average molecular weight is 523 g/mol. The molecular formula is C24H22ClF3N4O2S. The lowest BCUT2D eigenvalue weighted by atomic mass is 10.1. The molecule has 2 heterocycles. The van der Waals surface area contributed by atoms with E-state index in [4.69, 9.17) is 11.6 Å². The molecule has 0 unspecified atom stereocenters. The highest BCUT2D eigenvalue weighted by Crippen LogP contribution is 2.32. The molecular weight excluding hydrogens is 501 g/mol. The molecule has 3 amide bonds. The number of nitrogens with one attached hydrogen (secondary N) is 1. The van der Waals surface area contributed by atoms with Gasteiger partial charge in [0.1, 0.15) is 16.9 Å². The van der Waals surface area contributed by atoms with Gasteiger partial charge in [0.2, 0.25) is 5.91 Å². The van der Waals surface area contributed by atoms with E-state index in [1.165, 1.54) is 28.4 Å². The number of carbonyl (C=O) groups excluding carboxylic acids is 2. The van der Waals surface area contributed by atoms with Crippen LogP contribution >= 0.6 is 22.9 Å². The molecule has 35 heavy (non-hydrogen) atoms. The fourth-order valence-electron chi connectivity index (χ4n) is 3.91. The number of alkyl halides is 3. The van der Waals surface area contributed by atoms with Crippen molar-refractivity contribution in [1.82, 2.24) is 14.8 Å². The van der Waals surface area contributed by atoms with Gasteiger partial charge in [0.25, 0.3) is 0 Å². The van der Waals surface area contributed by atoms with Gasteiger partial charge in [-0.05, 0) is 42.7 Å². The molecule has 1 aromatic heterocycles. The first kappa shape index (κ1) is 25.0. The third-order valence-electron chi connectivity index (χ3n) is 5.71. The number of benzene rings is 2. The van der Waals surface area contributed by atoms with Crippen LogP contribution in [0.2, 0.25) is 5.02 Å². The first-order valence-electron chi connectivity index (χ1n) is 10.8. The second-order valence-corrected chi connectivity index (χ2v) is 9.51. The second kappa shape index (κ2) is 10.2. The number of amides is 3. The van der Waals surface area contributed by atoms with Crippen LogP contribution in [0, 0.1) is 0 Å². The van der Waals surface area contributed by atoms with Gasteiger partial charge in [-0.25, -0.2) is 9.78 Å². The lowest BCUT2D eigenvalue weighted by Gasteiger charge is -2.28. The van der Waals surface area contributed by atoms with Crippen molar-refractivity contribution in [2.45, 2.75) is 31.6 Å². The normalized spacial score (nSPS) is 15.8. The van der Waals surface area contributed by atoms with Crippen LogP contribution in [0.15, 0.2) is 53.9 Å². The third kappa shape index (κ3) is 5.94. The minimum atomic E-state index is -4.41. The van der Waals surface area contributed by atoms with E-state index in [-0.39, 0.29) is 11.7 Å². The van der Waals surface area contributed by atoms with Gasteiger partial charge in [-0.1, -0.05) is 35.9 Å². The molecule has 11 heteroatoms. The van der Waals surface area contributed by atoms with Gasteiger partial charge in [0.15, 0.2) is 0 Å². The van der Waals surface area contributed by atoms with Crippen molar-refractivity contribution in [1.29, 1.82) is 0 Å². The molecule has 0 bridgehead atoms. The van der Waals surface area contributed by atoms with E-state index >= 15 is 0 Å². The Balaban J connectivity index is 1.39. The number of halogens is 4. The monoisotopic (exact) mass is 522 g/mol. The van der Waals surface area contributed by atoms with Crippen LogP contribution in [-0.4, -0.2) is 46.4 Å². The van der Waals surface area contributed by atoms with Crippen LogP contribution in [-0.2, 0) is 17.5 Å². The molecule has 3 aromatic rings. The van der Waals surface area contributed by atoms with E-state index in [0.29, 0.717) is 41.5 Å². The van der Waals surface area contributed by atoms with Crippen molar-refractivity contribution in [3.63, 3.8) is 0 Å². The van der Waals surface area contributed by atoms with Crippen molar-refractivity contribution in [2.24, 2.45) is 0 Å². The molecule has 1 saturated heterocycles. The summed E-state index contributed by atoms with van der Waals surface area (Å²) in [4.78, 5) is 33.4. The molecule has 1 aliphatic rings. The molecule has 2 aromatic carbocycles. The Hall–Kier alpha value is -3.11. The summed E-state index contributed by atoms with van der Waals surface area (Å²) in [5.74, 6) is 0.124.